The van der Waals surface area contributed by atoms with Crippen LogP contribution in [0, 0.1) is 5.92 Å². The normalized spacial score (nSPS) is 25.0. The number of nitrogens with one attached hydrogen (secondary N) is 1. The van der Waals surface area contributed by atoms with Crippen LogP contribution >= 0.6 is 35.3 Å². The van der Waals surface area contributed by atoms with E-state index in [0.29, 0.717) is 12.5 Å². The van der Waals surface area contributed by atoms with Crippen LogP contribution in [0.4, 0.5) is 0 Å². The Hall–Kier alpha value is -0.380. The standard InChI is InChI=1S/C18H30N4OS.HI/c1-2-19-18(22-9-7-16(23)13-22)20-11-15-5-3-8-21(12-15)14-17-6-4-10-24-17;/h4,6,10,15-16,23H,2-3,5,7-9,11-14H2,1H3,(H,19,20);1H/t15?,16-;/m1./s1. The van der Waals surface area contributed by atoms with Gasteiger partial charge in [-0.25, -0.2) is 0 Å². The Balaban J connectivity index is 0.00000225. The molecule has 2 atom stereocenters. The number of nitrogens with zero attached hydrogens (tertiary/aromatic N) is 3. The molecule has 7 heteroatoms. The van der Waals surface area contributed by atoms with Gasteiger partial charge < -0.3 is 15.3 Å². The van der Waals surface area contributed by atoms with Gasteiger partial charge in [0.2, 0.25) is 0 Å². The molecule has 2 aliphatic heterocycles. The van der Waals surface area contributed by atoms with Crippen molar-refractivity contribution >= 4 is 41.3 Å². The van der Waals surface area contributed by atoms with Gasteiger partial charge in [-0.05, 0) is 50.1 Å². The molecule has 2 fully saturated rings. The highest BCUT2D eigenvalue weighted by Crippen LogP contribution is 2.21. The van der Waals surface area contributed by atoms with Crippen LogP contribution in [-0.4, -0.2) is 66.2 Å². The summed E-state index contributed by atoms with van der Waals surface area (Å²) in [4.78, 5) is 11.1. The molecule has 0 aromatic carbocycles. The molecule has 3 heterocycles. The van der Waals surface area contributed by atoms with Crippen LogP contribution in [0.5, 0.6) is 0 Å². The minimum absolute atomic E-state index is 0. The van der Waals surface area contributed by atoms with E-state index < -0.39 is 0 Å². The lowest BCUT2D eigenvalue weighted by Gasteiger charge is -2.32. The molecule has 0 spiro atoms. The van der Waals surface area contributed by atoms with Gasteiger partial charge in [-0.2, -0.15) is 0 Å². The second kappa shape index (κ2) is 10.7. The van der Waals surface area contributed by atoms with Crippen molar-refractivity contribution in [2.24, 2.45) is 10.9 Å². The van der Waals surface area contributed by atoms with Gasteiger partial charge in [-0.1, -0.05) is 6.07 Å². The quantitative estimate of drug-likeness (QED) is 0.388. The fraction of sp³-hybridized carbons (Fsp3) is 0.722. The average molecular weight is 478 g/mol. The van der Waals surface area contributed by atoms with Gasteiger partial charge in [0.1, 0.15) is 0 Å². The number of likely N-dealkylation sites (tertiary alicyclic amines) is 2. The monoisotopic (exact) mass is 478 g/mol. The Morgan fingerprint density at radius 3 is 2.92 bits per heavy atom. The van der Waals surface area contributed by atoms with Crippen molar-refractivity contribution in [2.45, 2.75) is 38.8 Å². The molecule has 2 saturated heterocycles. The number of aliphatic imine (C=N–C) groups is 1. The van der Waals surface area contributed by atoms with Crippen LogP contribution in [0.15, 0.2) is 22.5 Å². The number of β-amino-alcohol motifs (C(OH)–C–C–N with tert-alkyl or cyclic N) is 1. The van der Waals surface area contributed by atoms with E-state index >= 15 is 0 Å². The molecule has 25 heavy (non-hydrogen) atoms. The molecule has 1 aromatic heterocycles. The first-order chi connectivity index (χ1) is 11.7. The number of hydrogen-bond acceptors (Lipinski definition) is 4. The fourth-order valence-electron chi connectivity index (χ4n) is 3.64. The molecule has 0 aliphatic carbocycles. The summed E-state index contributed by atoms with van der Waals surface area (Å²) < 4.78 is 0. The summed E-state index contributed by atoms with van der Waals surface area (Å²) >= 11 is 1.85. The van der Waals surface area contributed by atoms with E-state index in [4.69, 9.17) is 4.99 Å². The first-order valence-electron chi connectivity index (χ1n) is 9.20. The highest BCUT2D eigenvalue weighted by atomic mass is 127. The van der Waals surface area contributed by atoms with Crippen LogP contribution in [0.25, 0.3) is 0 Å². The van der Waals surface area contributed by atoms with Crippen molar-refractivity contribution in [3.63, 3.8) is 0 Å². The van der Waals surface area contributed by atoms with Crippen LogP contribution in [0.3, 0.4) is 0 Å². The molecule has 3 rings (SSSR count). The SMILES string of the molecule is CCNC(=NCC1CCCN(Cc2cccs2)C1)N1CC[C@@H](O)C1.I. The van der Waals surface area contributed by atoms with Crippen molar-refractivity contribution in [1.82, 2.24) is 15.1 Å². The summed E-state index contributed by atoms with van der Waals surface area (Å²) in [6, 6.07) is 4.37. The van der Waals surface area contributed by atoms with Crippen molar-refractivity contribution < 1.29 is 5.11 Å². The Bertz CT molecular complexity index is 525. The molecule has 0 saturated carbocycles. The molecule has 142 valence electrons. The predicted octanol–water partition coefficient (Wildman–Crippen LogP) is 2.61. The molecule has 0 amide bonds. The minimum atomic E-state index is -0.204. The van der Waals surface area contributed by atoms with E-state index in [1.165, 1.54) is 24.3 Å². The van der Waals surface area contributed by atoms with Gasteiger partial charge in [0, 0.05) is 44.1 Å². The Kier molecular flexibility index (Phi) is 8.95. The average Bonchev–Trinajstić information content (AvgIpc) is 3.23. The first kappa shape index (κ1) is 20.9. The lowest BCUT2D eigenvalue weighted by Crippen LogP contribution is -2.41. The molecule has 1 aromatic rings. The number of hydrogen-bond donors (Lipinski definition) is 2. The van der Waals surface area contributed by atoms with E-state index in [1.807, 2.05) is 11.3 Å². The number of aliphatic hydroxyl groups is 1. The van der Waals surface area contributed by atoms with Crippen LogP contribution in [0.1, 0.15) is 31.1 Å². The molecule has 0 radical (unpaired) electrons. The second-order valence-electron chi connectivity index (χ2n) is 6.91. The van der Waals surface area contributed by atoms with E-state index in [2.05, 4.69) is 39.6 Å². The van der Waals surface area contributed by atoms with Crippen LogP contribution in [0.2, 0.25) is 0 Å². The van der Waals surface area contributed by atoms with Crippen LogP contribution < -0.4 is 5.32 Å². The molecule has 2 N–H and O–H groups in total. The van der Waals surface area contributed by atoms with Gasteiger partial charge in [0.05, 0.1) is 6.10 Å². The minimum Gasteiger partial charge on any atom is -0.391 e. The molecular weight excluding hydrogens is 447 g/mol. The first-order valence-corrected chi connectivity index (χ1v) is 10.1. The van der Waals surface area contributed by atoms with Crippen molar-refractivity contribution in [3.05, 3.63) is 22.4 Å². The Morgan fingerprint density at radius 1 is 1.36 bits per heavy atom. The number of guanidine groups is 1. The summed E-state index contributed by atoms with van der Waals surface area (Å²) in [6.07, 6.45) is 3.18. The van der Waals surface area contributed by atoms with Gasteiger partial charge >= 0.3 is 0 Å². The molecule has 1 unspecified atom stereocenters. The summed E-state index contributed by atoms with van der Waals surface area (Å²) in [5, 5.41) is 15.3. The van der Waals surface area contributed by atoms with Gasteiger partial charge in [-0.3, -0.25) is 9.89 Å². The molecule has 2 aliphatic rings. The number of halogens is 1. The molecule has 0 bridgehead atoms. The van der Waals surface area contributed by atoms with Crippen molar-refractivity contribution in [2.75, 3.05) is 39.3 Å². The van der Waals surface area contributed by atoms with Gasteiger partial charge in [0.25, 0.3) is 0 Å². The Morgan fingerprint density at radius 2 is 2.24 bits per heavy atom. The van der Waals surface area contributed by atoms with Crippen LogP contribution in [-0.2, 0) is 6.54 Å². The highest BCUT2D eigenvalue weighted by molar-refractivity contribution is 14.0. The molecule has 5 nitrogen and oxygen atoms in total. The zero-order chi connectivity index (χ0) is 16.8. The summed E-state index contributed by atoms with van der Waals surface area (Å²) in [6.45, 7) is 8.90. The largest absolute Gasteiger partial charge is 0.391 e. The maximum Gasteiger partial charge on any atom is 0.194 e. The van der Waals surface area contributed by atoms with Crippen molar-refractivity contribution in [3.8, 4) is 0 Å². The maximum atomic E-state index is 9.76. The number of aliphatic hydroxyl groups excluding tert-OH is 1. The fourth-order valence-corrected chi connectivity index (χ4v) is 4.39. The van der Waals surface area contributed by atoms with E-state index in [1.54, 1.807) is 0 Å². The summed E-state index contributed by atoms with van der Waals surface area (Å²) in [5.74, 6) is 1.62. The predicted molar refractivity (Wildman–Crippen MR) is 116 cm³/mol. The topological polar surface area (TPSA) is 51.1 Å². The lowest BCUT2D eigenvalue weighted by molar-refractivity contribution is 0.172. The number of thiophene rings is 1. The zero-order valence-corrected chi connectivity index (χ0v) is 18.2. The lowest BCUT2D eigenvalue weighted by atomic mass is 9.98. The van der Waals surface area contributed by atoms with E-state index in [0.717, 1.165) is 45.1 Å². The van der Waals surface area contributed by atoms with Gasteiger partial charge in [-0.15, -0.1) is 35.3 Å². The number of piperidine rings is 1. The van der Waals surface area contributed by atoms with E-state index in [9.17, 15) is 5.11 Å². The Labute approximate surface area is 172 Å². The molecular formula is C18H31IN4OS. The van der Waals surface area contributed by atoms with Crippen molar-refractivity contribution in [1.29, 1.82) is 0 Å². The van der Waals surface area contributed by atoms with E-state index in [-0.39, 0.29) is 30.1 Å². The zero-order valence-electron chi connectivity index (χ0n) is 15.1. The maximum absolute atomic E-state index is 9.76. The van der Waals surface area contributed by atoms with Gasteiger partial charge in [0.15, 0.2) is 5.96 Å². The second-order valence-corrected chi connectivity index (χ2v) is 7.94. The summed E-state index contributed by atoms with van der Waals surface area (Å²) in [5.41, 5.74) is 0. The number of rotatable bonds is 5. The third-order valence-corrected chi connectivity index (χ3v) is 5.72. The third-order valence-electron chi connectivity index (χ3n) is 4.86. The highest BCUT2D eigenvalue weighted by Gasteiger charge is 2.24. The summed E-state index contributed by atoms with van der Waals surface area (Å²) in [7, 11) is 0. The third kappa shape index (κ3) is 6.37. The smallest absolute Gasteiger partial charge is 0.194 e.